The lowest BCUT2D eigenvalue weighted by atomic mass is 9.88. The summed E-state index contributed by atoms with van der Waals surface area (Å²) in [6.45, 7) is 0. The normalized spacial score (nSPS) is 13.5. The Morgan fingerprint density at radius 3 is 2.27 bits per heavy atom. The summed E-state index contributed by atoms with van der Waals surface area (Å²) in [7, 11) is 0. The first kappa shape index (κ1) is 23.8. The number of nitrogens with one attached hydrogen (secondary N) is 4. The average molecular weight is 470 g/mol. The first-order chi connectivity index (χ1) is 15.8. The Labute approximate surface area is 195 Å². The van der Waals surface area contributed by atoms with Crippen molar-refractivity contribution in [3.63, 3.8) is 0 Å². The van der Waals surface area contributed by atoms with Gasteiger partial charge in [0, 0.05) is 34.9 Å². The molecule has 1 saturated carbocycles. The fraction of sp³-hybridized carbons (Fsp3) is 0.273. The van der Waals surface area contributed by atoms with Gasteiger partial charge < -0.3 is 5.32 Å². The van der Waals surface area contributed by atoms with Gasteiger partial charge in [-0.05, 0) is 55.4 Å². The maximum absolute atomic E-state index is 12.3. The lowest BCUT2D eigenvalue weighted by molar-refractivity contribution is -0.384. The minimum Gasteiger partial charge on any atom is -0.326 e. The van der Waals surface area contributed by atoms with Gasteiger partial charge in [-0.3, -0.25) is 40.7 Å². The highest BCUT2D eigenvalue weighted by Crippen LogP contribution is 2.25. The molecule has 172 valence electrons. The highest BCUT2D eigenvalue weighted by atomic mass is 32.1. The second-order valence-electron chi connectivity index (χ2n) is 7.57. The number of hydrogen-bond acceptors (Lipinski definition) is 6. The summed E-state index contributed by atoms with van der Waals surface area (Å²) >= 11 is 4.97. The molecule has 0 atom stereocenters. The smallest absolute Gasteiger partial charge is 0.270 e. The number of non-ortho nitro benzene ring substituents is 1. The Kier molecular flexibility index (Phi) is 8.03. The van der Waals surface area contributed by atoms with Crippen LogP contribution < -0.4 is 21.5 Å². The number of nitro groups is 1. The Hall–Kier alpha value is -3.86. The zero-order valence-corrected chi connectivity index (χ0v) is 18.4. The summed E-state index contributed by atoms with van der Waals surface area (Å²) in [5.41, 5.74) is 5.50. The molecule has 1 aliphatic rings. The van der Waals surface area contributed by atoms with Gasteiger partial charge in [-0.2, -0.15) is 0 Å². The largest absolute Gasteiger partial charge is 0.326 e. The summed E-state index contributed by atoms with van der Waals surface area (Å²) in [4.78, 5) is 47.0. The topological polar surface area (TPSA) is 142 Å². The van der Waals surface area contributed by atoms with Crippen LogP contribution in [-0.2, 0) is 4.79 Å². The van der Waals surface area contributed by atoms with Crippen molar-refractivity contribution in [3.8, 4) is 0 Å². The van der Waals surface area contributed by atoms with Crippen LogP contribution in [0.2, 0.25) is 0 Å². The van der Waals surface area contributed by atoms with Crippen LogP contribution in [0.25, 0.3) is 0 Å². The van der Waals surface area contributed by atoms with Crippen molar-refractivity contribution in [1.29, 1.82) is 0 Å². The van der Waals surface area contributed by atoms with Crippen LogP contribution in [0.4, 0.5) is 11.4 Å². The van der Waals surface area contributed by atoms with E-state index in [4.69, 9.17) is 12.2 Å². The van der Waals surface area contributed by atoms with Gasteiger partial charge in [-0.25, -0.2) is 0 Å². The van der Waals surface area contributed by atoms with Crippen LogP contribution in [0.3, 0.4) is 0 Å². The van der Waals surface area contributed by atoms with Crippen LogP contribution in [0, 0.1) is 16.0 Å². The van der Waals surface area contributed by atoms with Gasteiger partial charge in [0.1, 0.15) is 0 Å². The average Bonchev–Trinajstić information content (AvgIpc) is 2.83. The van der Waals surface area contributed by atoms with Gasteiger partial charge in [-0.15, -0.1) is 0 Å². The number of thiocarbonyl (C=S) groups is 1. The Morgan fingerprint density at radius 2 is 1.61 bits per heavy atom. The molecule has 33 heavy (non-hydrogen) atoms. The summed E-state index contributed by atoms with van der Waals surface area (Å²) in [5.74, 6) is -1.14. The predicted octanol–water partition coefficient (Wildman–Crippen LogP) is 3.06. The molecule has 4 N–H and O–H groups in total. The van der Waals surface area contributed by atoms with E-state index in [1.54, 1.807) is 24.3 Å². The van der Waals surface area contributed by atoms with Crippen molar-refractivity contribution >= 4 is 46.4 Å². The van der Waals surface area contributed by atoms with Crippen molar-refractivity contribution in [1.82, 2.24) is 16.2 Å². The van der Waals surface area contributed by atoms with Crippen LogP contribution in [0.15, 0.2) is 48.5 Å². The van der Waals surface area contributed by atoms with Crippen molar-refractivity contribution in [2.45, 2.75) is 32.1 Å². The molecule has 0 radical (unpaired) electrons. The van der Waals surface area contributed by atoms with Gasteiger partial charge in [0.15, 0.2) is 5.11 Å². The molecule has 2 aromatic rings. The minimum absolute atomic E-state index is 0.00148. The number of nitro benzene ring substituents is 1. The van der Waals surface area contributed by atoms with Gasteiger partial charge >= 0.3 is 0 Å². The van der Waals surface area contributed by atoms with Crippen LogP contribution >= 0.6 is 12.2 Å². The van der Waals surface area contributed by atoms with Crippen molar-refractivity contribution in [2.24, 2.45) is 5.92 Å². The predicted molar refractivity (Wildman–Crippen MR) is 125 cm³/mol. The fourth-order valence-corrected chi connectivity index (χ4v) is 3.61. The quantitative estimate of drug-likeness (QED) is 0.299. The lowest BCUT2D eigenvalue weighted by Gasteiger charge is -2.20. The number of amides is 3. The molecule has 1 fully saturated rings. The van der Waals surface area contributed by atoms with Crippen molar-refractivity contribution in [3.05, 3.63) is 69.8 Å². The van der Waals surface area contributed by atoms with E-state index in [1.807, 2.05) is 0 Å². The monoisotopic (exact) mass is 469 g/mol. The maximum Gasteiger partial charge on any atom is 0.270 e. The van der Waals surface area contributed by atoms with Gasteiger partial charge in [0.25, 0.3) is 17.5 Å². The number of carbonyl (C=O) groups excluding carboxylic acids is 3. The third-order valence-electron chi connectivity index (χ3n) is 5.23. The van der Waals surface area contributed by atoms with E-state index < -0.39 is 16.7 Å². The molecule has 0 aliphatic heterocycles. The Bertz CT molecular complexity index is 1070. The van der Waals surface area contributed by atoms with Gasteiger partial charge in [0.2, 0.25) is 5.91 Å². The molecule has 0 bridgehead atoms. The SMILES string of the molecule is O=C(NNC(=S)NC(=O)c1cccc([N+](=O)[O-])c1)c1ccc(NC(=O)C2CCCCC2)cc1. The molecule has 3 amide bonds. The van der Waals surface area contributed by atoms with Crippen LogP contribution in [-0.4, -0.2) is 27.8 Å². The lowest BCUT2D eigenvalue weighted by Crippen LogP contribution is -2.48. The molecular weight excluding hydrogens is 446 g/mol. The third-order valence-corrected chi connectivity index (χ3v) is 5.43. The van der Waals surface area contributed by atoms with E-state index >= 15 is 0 Å². The van der Waals surface area contributed by atoms with E-state index in [9.17, 15) is 24.5 Å². The second kappa shape index (κ2) is 11.1. The van der Waals surface area contributed by atoms with E-state index in [-0.39, 0.29) is 28.2 Å². The van der Waals surface area contributed by atoms with E-state index in [0.717, 1.165) is 31.7 Å². The number of anilines is 1. The number of carbonyl (C=O) groups is 3. The molecule has 1 aliphatic carbocycles. The maximum atomic E-state index is 12.3. The van der Waals surface area contributed by atoms with Crippen LogP contribution in [0.5, 0.6) is 0 Å². The number of rotatable bonds is 5. The zero-order valence-electron chi connectivity index (χ0n) is 17.6. The fourth-order valence-electron chi connectivity index (χ4n) is 3.47. The van der Waals surface area contributed by atoms with Crippen molar-refractivity contribution < 1.29 is 19.3 Å². The molecule has 0 spiro atoms. The van der Waals surface area contributed by atoms with Gasteiger partial charge in [-0.1, -0.05) is 25.3 Å². The van der Waals surface area contributed by atoms with Gasteiger partial charge in [0.05, 0.1) is 4.92 Å². The number of hydrogen-bond donors (Lipinski definition) is 4. The summed E-state index contributed by atoms with van der Waals surface area (Å²) in [5, 5.41) is 15.8. The van der Waals surface area contributed by atoms with Crippen LogP contribution in [0.1, 0.15) is 52.8 Å². The first-order valence-electron chi connectivity index (χ1n) is 10.4. The molecule has 0 saturated heterocycles. The zero-order chi connectivity index (χ0) is 23.8. The molecule has 3 rings (SSSR count). The molecule has 0 unspecified atom stereocenters. The Balaban J connectivity index is 1.47. The van der Waals surface area contributed by atoms with Crippen molar-refractivity contribution in [2.75, 3.05) is 5.32 Å². The number of hydrazine groups is 1. The molecule has 11 heteroatoms. The standard InChI is InChI=1S/C22H23N5O5S/c28-19(14-5-2-1-3-6-14)23-17-11-9-15(10-12-17)21(30)25-26-22(33)24-20(29)16-7-4-8-18(13-16)27(31)32/h4,7-14H,1-3,5-6H2,(H,23,28)(H,25,30)(H2,24,26,29,33). The second-order valence-corrected chi connectivity index (χ2v) is 7.98. The highest BCUT2D eigenvalue weighted by molar-refractivity contribution is 7.80. The number of nitrogens with zero attached hydrogens (tertiary/aromatic N) is 1. The first-order valence-corrected chi connectivity index (χ1v) is 10.8. The third kappa shape index (κ3) is 6.81. The molecule has 0 aromatic heterocycles. The highest BCUT2D eigenvalue weighted by Gasteiger charge is 2.21. The van der Waals surface area contributed by atoms with E-state index in [0.29, 0.717) is 11.3 Å². The molecule has 10 nitrogen and oxygen atoms in total. The molecule has 2 aromatic carbocycles. The Morgan fingerprint density at radius 1 is 0.909 bits per heavy atom. The summed E-state index contributed by atoms with van der Waals surface area (Å²) in [6, 6.07) is 11.5. The number of benzene rings is 2. The van der Waals surface area contributed by atoms with E-state index in [2.05, 4.69) is 21.5 Å². The molecular formula is C22H23N5O5S. The summed E-state index contributed by atoms with van der Waals surface area (Å²) in [6.07, 6.45) is 5.10. The van der Waals surface area contributed by atoms with E-state index in [1.165, 1.54) is 24.6 Å². The minimum atomic E-state index is -0.663. The molecule has 0 heterocycles. The summed E-state index contributed by atoms with van der Waals surface area (Å²) < 4.78 is 0.